The van der Waals surface area contributed by atoms with Gasteiger partial charge in [-0.3, -0.25) is 0 Å². The van der Waals surface area contributed by atoms with Crippen LogP contribution in [0.5, 0.6) is 0 Å². The highest BCUT2D eigenvalue weighted by molar-refractivity contribution is 7.87. The summed E-state index contributed by atoms with van der Waals surface area (Å²) in [5.74, 6) is 0. The van der Waals surface area contributed by atoms with E-state index in [9.17, 15) is 8.42 Å². The van der Waals surface area contributed by atoms with Gasteiger partial charge in [0.25, 0.3) is 10.2 Å². The maximum atomic E-state index is 12.8. The standard InChI is InChI=1S/C14H29N3O3S/c1-3-15-11-13-7-4-5-9-17(13)21(18,19)16-14(2)8-6-10-20-12-14/h13,15-16H,3-12H2,1-2H3. The molecule has 2 unspecified atom stereocenters. The van der Waals surface area contributed by atoms with Crippen LogP contribution in [-0.2, 0) is 14.9 Å². The van der Waals surface area contributed by atoms with E-state index < -0.39 is 15.7 Å². The number of nitrogens with zero attached hydrogens (tertiary/aromatic N) is 1. The van der Waals surface area contributed by atoms with E-state index in [1.807, 2.05) is 13.8 Å². The molecule has 6 nitrogen and oxygen atoms in total. The van der Waals surface area contributed by atoms with Crippen LogP contribution in [0.4, 0.5) is 0 Å². The Hall–Kier alpha value is -0.210. The van der Waals surface area contributed by atoms with Gasteiger partial charge in [0.05, 0.1) is 12.1 Å². The zero-order chi connectivity index (χ0) is 15.3. The number of hydrogen-bond acceptors (Lipinski definition) is 4. The first-order chi connectivity index (χ1) is 9.97. The molecular formula is C14H29N3O3S. The molecule has 21 heavy (non-hydrogen) atoms. The van der Waals surface area contributed by atoms with Crippen molar-refractivity contribution in [3.05, 3.63) is 0 Å². The Labute approximate surface area is 128 Å². The third-order valence-corrected chi connectivity index (χ3v) is 6.17. The van der Waals surface area contributed by atoms with E-state index in [0.29, 0.717) is 13.2 Å². The highest BCUT2D eigenvalue weighted by atomic mass is 32.2. The van der Waals surface area contributed by atoms with Gasteiger partial charge in [0.1, 0.15) is 0 Å². The Kier molecular flexibility index (Phi) is 6.02. The number of rotatable bonds is 6. The smallest absolute Gasteiger partial charge is 0.280 e. The number of ether oxygens (including phenoxy) is 1. The van der Waals surface area contributed by atoms with Gasteiger partial charge in [0.15, 0.2) is 0 Å². The Morgan fingerprint density at radius 1 is 1.33 bits per heavy atom. The summed E-state index contributed by atoms with van der Waals surface area (Å²) in [6.45, 7) is 7.37. The van der Waals surface area contributed by atoms with E-state index in [0.717, 1.165) is 51.8 Å². The third kappa shape index (κ3) is 4.63. The van der Waals surface area contributed by atoms with E-state index in [2.05, 4.69) is 10.0 Å². The summed E-state index contributed by atoms with van der Waals surface area (Å²) in [4.78, 5) is 0. The van der Waals surface area contributed by atoms with Crippen LogP contribution in [-0.4, -0.2) is 57.2 Å². The summed E-state index contributed by atoms with van der Waals surface area (Å²) >= 11 is 0. The van der Waals surface area contributed by atoms with Crippen LogP contribution < -0.4 is 10.0 Å². The summed E-state index contributed by atoms with van der Waals surface area (Å²) < 4.78 is 35.5. The quantitative estimate of drug-likeness (QED) is 0.761. The van der Waals surface area contributed by atoms with Crippen molar-refractivity contribution >= 4 is 10.2 Å². The molecule has 124 valence electrons. The minimum absolute atomic E-state index is 0.0595. The van der Waals surface area contributed by atoms with Gasteiger partial charge in [-0.25, -0.2) is 0 Å². The van der Waals surface area contributed by atoms with Crippen molar-refractivity contribution in [3.8, 4) is 0 Å². The molecule has 7 heteroatoms. The van der Waals surface area contributed by atoms with Crippen molar-refractivity contribution in [2.45, 2.75) is 57.5 Å². The molecule has 2 rings (SSSR count). The largest absolute Gasteiger partial charge is 0.380 e. The second kappa shape index (κ2) is 7.37. The predicted octanol–water partition coefficient (Wildman–Crippen LogP) is 0.854. The molecule has 0 spiro atoms. The van der Waals surface area contributed by atoms with Gasteiger partial charge >= 0.3 is 0 Å². The Balaban J connectivity index is 2.04. The first-order valence-electron chi connectivity index (χ1n) is 8.06. The van der Waals surface area contributed by atoms with Crippen LogP contribution in [0.1, 0.15) is 46.0 Å². The van der Waals surface area contributed by atoms with E-state index in [1.54, 1.807) is 4.31 Å². The summed E-state index contributed by atoms with van der Waals surface area (Å²) in [5, 5.41) is 3.27. The van der Waals surface area contributed by atoms with Crippen LogP contribution in [0.15, 0.2) is 0 Å². The molecule has 0 saturated carbocycles. The molecular weight excluding hydrogens is 290 g/mol. The fourth-order valence-electron chi connectivity index (χ4n) is 3.19. The van der Waals surface area contributed by atoms with Crippen molar-refractivity contribution in [1.82, 2.24) is 14.3 Å². The van der Waals surface area contributed by atoms with Crippen LogP contribution in [0, 0.1) is 0 Å². The second-order valence-electron chi connectivity index (χ2n) is 6.39. The van der Waals surface area contributed by atoms with Gasteiger partial charge < -0.3 is 10.1 Å². The summed E-state index contributed by atoms with van der Waals surface area (Å²) in [7, 11) is -3.46. The SMILES string of the molecule is CCNCC1CCCCN1S(=O)(=O)NC1(C)CCCOC1. The molecule has 0 bridgehead atoms. The van der Waals surface area contributed by atoms with E-state index in [1.165, 1.54) is 0 Å². The Morgan fingerprint density at radius 3 is 2.81 bits per heavy atom. The number of nitrogens with one attached hydrogen (secondary N) is 2. The van der Waals surface area contributed by atoms with Crippen LogP contribution in [0.3, 0.4) is 0 Å². The minimum Gasteiger partial charge on any atom is -0.380 e. The lowest BCUT2D eigenvalue weighted by atomic mass is 9.97. The van der Waals surface area contributed by atoms with Crippen molar-refractivity contribution in [2.75, 3.05) is 32.8 Å². The van der Waals surface area contributed by atoms with Gasteiger partial charge in [-0.05, 0) is 39.2 Å². The molecule has 2 aliphatic heterocycles. The molecule has 2 atom stereocenters. The molecule has 0 aromatic heterocycles. The van der Waals surface area contributed by atoms with Crippen molar-refractivity contribution in [2.24, 2.45) is 0 Å². The lowest BCUT2D eigenvalue weighted by Crippen LogP contribution is -2.59. The molecule has 0 amide bonds. The normalized spacial score (nSPS) is 32.2. The molecule has 2 heterocycles. The zero-order valence-electron chi connectivity index (χ0n) is 13.2. The van der Waals surface area contributed by atoms with Gasteiger partial charge in [-0.2, -0.15) is 17.4 Å². The van der Waals surface area contributed by atoms with E-state index in [4.69, 9.17) is 4.74 Å². The van der Waals surface area contributed by atoms with Crippen LogP contribution in [0.25, 0.3) is 0 Å². The number of likely N-dealkylation sites (N-methyl/N-ethyl adjacent to an activating group) is 1. The predicted molar refractivity (Wildman–Crippen MR) is 83.4 cm³/mol. The lowest BCUT2D eigenvalue weighted by Gasteiger charge is -2.39. The van der Waals surface area contributed by atoms with E-state index in [-0.39, 0.29) is 6.04 Å². The molecule has 2 saturated heterocycles. The van der Waals surface area contributed by atoms with Gasteiger partial charge in [0, 0.05) is 25.7 Å². The average Bonchev–Trinajstić information content (AvgIpc) is 2.45. The Bertz CT molecular complexity index is 421. The maximum absolute atomic E-state index is 12.8. The molecule has 0 radical (unpaired) electrons. The van der Waals surface area contributed by atoms with Gasteiger partial charge in [-0.1, -0.05) is 13.3 Å². The first kappa shape index (κ1) is 17.1. The van der Waals surface area contributed by atoms with Gasteiger partial charge in [0.2, 0.25) is 0 Å². The second-order valence-corrected chi connectivity index (χ2v) is 8.02. The number of piperidine rings is 1. The average molecular weight is 319 g/mol. The van der Waals surface area contributed by atoms with Gasteiger partial charge in [-0.15, -0.1) is 0 Å². The van der Waals surface area contributed by atoms with Crippen molar-refractivity contribution in [3.63, 3.8) is 0 Å². The maximum Gasteiger partial charge on any atom is 0.280 e. The highest BCUT2D eigenvalue weighted by Crippen LogP contribution is 2.24. The minimum atomic E-state index is -3.46. The summed E-state index contributed by atoms with van der Waals surface area (Å²) in [6, 6.07) is 0.0595. The number of hydrogen-bond donors (Lipinski definition) is 2. The molecule has 0 aromatic rings. The molecule has 0 aliphatic carbocycles. The van der Waals surface area contributed by atoms with Crippen LogP contribution in [0.2, 0.25) is 0 Å². The summed E-state index contributed by atoms with van der Waals surface area (Å²) in [5.41, 5.74) is -0.475. The highest BCUT2D eigenvalue weighted by Gasteiger charge is 2.38. The molecule has 2 aliphatic rings. The molecule has 2 N–H and O–H groups in total. The lowest BCUT2D eigenvalue weighted by molar-refractivity contribution is 0.0375. The van der Waals surface area contributed by atoms with E-state index >= 15 is 0 Å². The first-order valence-corrected chi connectivity index (χ1v) is 9.50. The van der Waals surface area contributed by atoms with Crippen molar-refractivity contribution in [1.29, 1.82) is 0 Å². The fraction of sp³-hybridized carbons (Fsp3) is 1.00. The fourth-order valence-corrected chi connectivity index (χ4v) is 5.03. The third-order valence-electron chi connectivity index (χ3n) is 4.33. The van der Waals surface area contributed by atoms with Crippen LogP contribution >= 0.6 is 0 Å². The zero-order valence-corrected chi connectivity index (χ0v) is 14.0. The Morgan fingerprint density at radius 2 is 2.14 bits per heavy atom. The topological polar surface area (TPSA) is 70.7 Å². The monoisotopic (exact) mass is 319 g/mol. The summed E-state index contributed by atoms with van der Waals surface area (Å²) in [6.07, 6.45) is 4.71. The molecule has 2 fully saturated rings. The van der Waals surface area contributed by atoms with Crippen molar-refractivity contribution < 1.29 is 13.2 Å². The molecule has 0 aromatic carbocycles.